The Kier molecular flexibility index (Phi) is 3.85. The minimum absolute atomic E-state index is 0.170. The Morgan fingerprint density at radius 3 is 2.42 bits per heavy atom. The van der Waals surface area contributed by atoms with Gasteiger partial charge in [0.1, 0.15) is 23.2 Å². The standard InChI is InChI=1S/C14H18N4O/c1-9(2)19-12-6-4-11(5-7-12)18-14-8-13(15)16-10(3)17-14/h4-9H,1-3H3,(H3,15,16,17,18). The van der Waals surface area contributed by atoms with E-state index < -0.39 is 0 Å². The Morgan fingerprint density at radius 1 is 1.16 bits per heavy atom. The molecule has 0 radical (unpaired) electrons. The van der Waals surface area contributed by atoms with Crippen molar-refractivity contribution in [1.82, 2.24) is 9.97 Å². The summed E-state index contributed by atoms with van der Waals surface area (Å²) in [5, 5.41) is 3.18. The monoisotopic (exact) mass is 258 g/mol. The van der Waals surface area contributed by atoms with Crippen LogP contribution in [0.15, 0.2) is 30.3 Å². The lowest BCUT2D eigenvalue weighted by Gasteiger charge is -2.11. The van der Waals surface area contributed by atoms with Crippen molar-refractivity contribution in [2.75, 3.05) is 11.1 Å². The van der Waals surface area contributed by atoms with Crippen LogP contribution >= 0.6 is 0 Å². The van der Waals surface area contributed by atoms with Crippen molar-refractivity contribution in [3.63, 3.8) is 0 Å². The van der Waals surface area contributed by atoms with Crippen LogP contribution in [0.1, 0.15) is 19.7 Å². The summed E-state index contributed by atoms with van der Waals surface area (Å²) in [6, 6.07) is 9.40. The maximum Gasteiger partial charge on any atom is 0.136 e. The van der Waals surface area contributed by atoms with Gasteiger partial charge in [0.25, 0.3) is 0 Å². The molecule has 0 aliphatic heterocycles. The van der Waals surface area contributed by atoms with Crippen molar-refractivity contribution in [2.24, 2.45) is 0 Å². The number of nitrogens with two attached hydrogens (primary N) is 1. The SMILES string of the molecule is Cc1nc(N)cc(Nc2ccc(OC(C)C)cc2)n1. The van der Waals surface area contributed by atoms with E-state index in [-0.39, 0.29) is 6.10 Å². The number of benzene rings is 1. The molecule has 19 heavy (non-hydrogen) atoms. The zero-order valence-electron chi connectivity index (χ0n) is 11.3. The molecule has 100 valence electrons. The zero-order valence-corrected chi connectivity index (χ0v) is 11.3. The first-order valence-electron chi connectivity index (χ1n) is 6.18. The number of hydrogen-bond acceptors (Lipinski definition) is 5. The summed E-state index contributed by atoms with van der Waals surface area (Å²) >= 11 is 0. The third-order valence-corrected chi connectivity index (χ3v) is 2.36. The van der Waals surface area contributed by atoms with Crippen LogP contribution in [0.2, 0.25) is 0 Å². The summed E-state index contributed by atoms with van der Waals surface area (Å²) < 4.78 is 5.58. The normalized spacial score (nSPS) is 10.5. The fourth-order valence-corrected chi connectivity index (χ4v) is 1.69. The van der Waals surface area contributed by atoms with Crippen molar-refractivity contribution in [3.8, 4) is 5.75 Å². The summed E-state index contributed by atoms with van der Waals surface area (Å²) in [4.78, 5) is 8.30. The largest absolute Gasteiger partial charge is 0.491 e. The lowest BCUT2D eigenvalue weighted by Crippen LogP contribution is -2.05. The molecular weight excluding hydrogens is 240 g/mol. The summed E-state index contributed by atoms with van der Waals surface area (Å²) in [6.45, 7) is 5.80. The second kappa shape index (κ2) is 5.56. The second-order valence-corrected chi connectivity index (χ2v) is 4.54. The number of nitrogens with one attached hydrogen (secondary N) is 1. The number of aromatic nitrogens is 2. The van der Waals surface area contributed by atoms with Gasteiger partial charge in [-0.1, -0.05) is 0 Å². The molecule has 0 fully saturated rings. The van der Waals surface area contributed by atoms with E-state index in [2.05, 4.69) is 15.3 Å². The van der Waals surface area contributed by atoms with Crippen LogP contribution in [0, 0.1) is 6.92 Å². The van der Waals surface area contributed by atoms with Crippen LogP contribution in [-0.2, 0) is 0 Å². The molecule has 5 heteroatoms. The molecule has 1 heterocycles. The second-order valence-electron chi connectivity index (χ2n) is 4.54. The fourth-order valence-electron chi connectivity index (χ4n) is 1.69. The Hall–Kier alpha value is -2.30. The first kappa shape index (κ1) is 13.1. The average Bonchev–Trinajstić information content (AvgIpc) is 2.29. The topological polar surface area (TPSA) is 73.1 Å². The molecule has 0 unspecified atom stereocenters. The summed E-state index contributed by atoms with van der Waals surface area (Å²) in [6.07, 6.45) is 0.170. The Labute approximate surface area is 112 Å². The molecule has 0 amide bonds. The molecule has 0 bridgehead atoms. The van der Waals surface area contributed by atoms with Gasteiger partial charge in [0.2, 0.25) is 0 Å². The molecule has 0 spiro atoms. The molecule has 5 nitrogen and oxygen atoms in total. The zero-order chi connectivity index (χ0) is 13.8. The van der Waals surface area contributed by atoms with Gasteiger partial charge in [-0.2, -0.15) is 0 Å². The Balaban J connectivity index is 2.10. The predicted molar refractivity (Wildman–Crippen MR) is 76.7 cm³/mol. The van der Waals surface area contributed by atoms with Crippen LogP contribution in [0.3, 0.4) is 0 Å². The van der Waals surface area contributed by atoms with E-state index >= 15 is 0 Å². The number of rotatable bonds is 4. The molecule has 0 saturated carbocycles. The van der Waals surface area contributed by atoms with Crippen molar-refractivity contribution in [2.45, 2.75) is 26.9 Å². The first-order valence-corrected chi connectivity index (χ1v) is 6.18. The number of hydrogen-bond donors (Lipinski definition) is 2. The minimum Gasteiger partial charge on any atom is -0.491 e. The maximum atomic E-state index is 5.68. The number of nitrogen functional groups attached to an aromatic ring is 1. The van der Waals surface area contributed by atoms with Gasteiger partial charge in [0.15, 0.2) is 0 Å². The number of nitrogens with zero attached hydrogens (tertiary/aromatic N) is 2. The van der Waals surface area contributed by atoms with E-state index in [4.69, 9.17) is 10.5 Å². The van der Waals surface area contributed by atoms with Crippen LogP contribution in [0.25, 0.3) is 0 Å². The van der Waals surface area contributed by atoms with Gasteiger partial charge in [-0.25, -0.2) is 9.97 Å². The molecule has 0 saturated heterocycles. The van der Waals surface area contributed by atoms with Gasteiger partial charge in [-0.05, 0) is 45.0 Å². The van der Waals surface area contributed by atoms with Crippen LogP contribution < -0.4 is 15.8 Å². The molecule has 3 N–H and O–H groups in total. The van der Waals surface area contributed by atoms with E-state index in [0.717, 1.165) is 11.4 Å². The molecule has 0 atom stereocenters. The molecule has 1 aromatic carbocycles. The van der Waals surface area contributed by atoms with Gasteiger partial charge >= 0.3 is 0 Å². The lowest BCUT2D eigenvalue weighted by molar-refractivity contribution is 0.242. The lowest BCUT2D eigenvalue weighted by atomic mass is 10.3. The maximum absolute atomic E-state index is 5.68. The van der Waals surface area contributed by atoms with Crippen molar-refractivity contribution in [3.05, 3.63) is 36.2 Å². The Morgan fingerprint density at radius 2 is 1.84 bits per heavy atom. The van der Waals surface area contributed by atoms with Crippen LogP contribution in [-0.4, -0.2) is 16.1 Å². The summed E-state index contributed by atoms with van der Waals surface area (Å²) in [5.41, 5.74) is 6.61. The molecular formula is C14H18N4O. The van der Waals surface area contributed by atoms with Gasteiger partial charge in [-0.3, -0.25) is 0 Å². The summed E-state index contributed by atoms with van der Waals surface area (Å²) in [7, 11) is 0. The molecule has 1 aromatic heterocycles. The van der Waals surface area contributed by atoms with Gasteiger partial charge in [-0.15, -0.1) is 0 Å². The van der Waals surface area contributed by atoms with E-state index in [1.54, 1.807) is 13.0 Å². The van der Waals surface area contributed by atoms with Crippen LogP contribution in [0.4, 0.5) is 17.3 Å². The third kappa shape index (κ3) is 3.84. The predicted octanol–water partition coefficient (Wildman–Crippen LogP) is 2.90. The van der Waals surface area contributed by atoms with Crippen molar-refractivity contribution < 1.29 is 4.74 Å². The smallest absolute Gasteiger partial charge is 0.136 e. The molecule has 0 aliphatic rings. The van der Waals surface area contributed by atoms with Crippen molar-refractivity contribution >= 4 is 17.3 Å². The van der Waals surface area contributed by atoms with E-state index in [9.17, 15) is 0 Å². The van der Waals surface area contributed by atoms with E-state index in [1.165, 1.54) is 0 Å². The van der Waals surface area contributed by atoms with Gasteiger partial charge < -0.3 is 15.8 Å². The van der Waals surface area contributed by atoms with Gasteiger partial charge in [0.05, 0.1) is 6.10 Å². The number of ether oxygens (including phenoxy) is 1. The molecule has 2 rings (SSSR count). The van der Waals surface area contributed by atoms with Gasteiger partial charge in [0, 0.05) is 11.8 Å². The quantitative estimate of drug-likeness (QED) is 0.882. The van der Waals surface area contributed by atoms with Crippen molar-refractivity contribution in [1.29, 1.82) is 0 Å². The Bertz CT molecular complexity index is 532. The third-order valence-electron chi connectivity index (χ3n) is 2.36. The highest BCUT2D eigenvalue weighted by molar-refractivity contribution is 5.59. The van der Waals surface area contributed by atoms with E-state index in [1.807, 2.05) is 38.1 Å². The highest BCUT2D eigenvalue weighted by Crippen LogP contribution is 2.20. The average molecular weight is 258 g/mol. The van der Waals surface area contributed by atoms with E-state index in [0.29, 0.717) is 17.5 Å². The molecule has 2 aromatic rings. The number of aryl methyl sites for hydroxylation is 1. The van der Waals surface area contributed by atoms with Crippen LogP contribution in [0.5, 0.6) is 5.75 Å². The molecule has 0 aliphatic carbocycles. The minimum atomic E-state index is 0.170. The highest BCUT2D eigenvalue weighted by Gasteiger charge is 2.01. The highest BCUT2D eigenvalue weighted by atomic mass is 16.5. The number of anilines is 3. The fraction of sp³-hybridized carbons (Fsp3) is 0.286. The summed E-state index contributed by atoms with van der Waals surface area (Å²) in [5.74, 6) is 2.62. The first-order chi connectivity index (χ1) is 9.02.